The Morgan fingerprint density at radius 2 is 1.06 bits per heavy atom. The SMILES string of the molecule is c1ccc2cc(-c3cccc4c3c3cc5ccccc5cc3n4-c3nnc(-c4cccc5oc6ccccc6c45)c4ccccc34)ccc2c1. The Hall–Kier alpha value is -6.78. The van der Waals surface area contributed by atoms with Gasteiger partial charge in [0.1, 0.15) is 16.9 Å². The van der Waals surface area contributed by atoms with Gasteiger partial charge in [0.2, 0.25) is 0 Å². The average Bonchev–Trinajstić information content (AvgIpc) is 3.72. The summed E-state index contributed by atoms with van der Waals surface area (Å²) in [5.74, 6) is 0.805. The van der Waals surface area contributed by atoms with Crippen LogP contribution in [0.1, 0.15) is 0 Å². The van der Waals surface area contributed by atoms with E-state index >= 15 is 0 Å². The van der Waals surface area contributed by atoms with Gasteiger partial charge in [-0.15, -0.1) is 10.2 Å². The van der Waals surface area contributed by atoms with Crippen LogP contribution < -0.4 is 0 Å². The number of rotatable bonds is 3. The first-order valence-electron chi connectivity index (χ1n) is 16.9. The van der Waals surface area contributed by atoms with Crippen LogP contribution >= 0.6 is 0 Å². The zero-order valence-corrected chi connectivity index (χ0v) is 26.8. The first-order chi connectivity index (χ1) is 24.8. The van der Waals surface area contributed by atoms with Crippen LogP contribution in [0.2, 0.25) is 0 Å². The summed E-state index contributed by atoms with van der Waals surface area (Å²) in [4.78, 5) is 0. The fourth-order valence-corrected chi connectivity index (χ4v) is 8.00. The summed E-state index contributed by atoms with van der Waals surface area (Å²) in [5, 5.41) is 21.6. The molecule has 0 saturated heterocycles. The van der Waals surface area contributed by atoms with E-state index in [9.17, 15) is 0 Å². The molecule has 50 heavy (non-hydrogen) atoms. The lowest BCUT2D eigenvalue weighted by atomic mass is 9.96. The van der Waals surface area contributed by atoms with Gasteiger partial charge < -0.3 is 4.42 Å². The van der Waals surface area contributed by atoms with Crippen LogP contribution in [0.3, 0.4) is 0 Å². The van der Waals surface area contributed by atoms with Gasteiger partial charge in [-0.25, -0.2) is 0 Å². The lowest BCUT2D eigenvalue weighted by Crippen LogP contribution is -2.02. The quantitative estimate of drug-likeness (QED) is 0.194. The molecule has 4 nitrogen and oxygen atoms in total. The molecule has 3 aromatic heterocycles. The van der Waals surface area contributed by atoms with Crippen molar-refractivity contribution in [1.29, 1.82) is 0 Å². The van der Waals surface area contributed by atoms with Gasteiger partial charge >= 0.3 is 0 Å². The van der Waals surface area contributed by atoms with Crippen LogP contribution in [0.5, 0.6) is 0 Å². The van der Waals surface area contributed by atoms with E-state index in [4.69, 9.17) is 14.6 Å². The molecule has 11 aromatic rings. The smallest absolute Gasteiger partial charge is 0.168 e. The molecule has 0 unspecified atom stereocenters. The Morgan fingerprint density at radius 1 is 0.400 bits per heavy atom. The van der Waals surface area contributed by atoms with E-state index in [2.05, 4.69) is 144 Å². The Morgan fingerprint density at radius 3 is 1.92 bits per heavy atom. The van der Waals surface area contributed by atoms with E-state index in [1.54, 1.807) is 0 Å². The van der Waals surface area contributed by atoms with Crippen LogP contribution in [-0.2, 0) is 0 Å². The number of hydrogen-bond acceptors (Lipinski definition) is 3. The summed E-state index contributed by atoms with van der Waals surface area (Å²) in [6.07, 6.45) is 0. The van der Waals surface area contributed by atoms with Gasteiger partial charge in [-0.2, -0.15) is 0 Å². The second kappa shape index (κ2) is 10.4. The molecule has 0 aliphatic rings. The first kappa shape index (κ1) is 27.2. The Balaban J connectivity index is 1.23. The standard InChI is InChI=1S/C46H27N3O/c1-2-12-29-25-32(24-23-28(29)11-1)33-18-9-20-39-43(33)38-26-30-13-3-4-14-31(30)27-40(38)49(39)46-35-16-6-5-15-34(35)45(47-48-46)37-19-10-22-42-44(37)36-17-7-8-21-41(36)50-42/h1-27H. The minimum Gasteiger partial charge on any atom is -0.456 e. The Bertz CT molecular complexity index is 3170. The van der Waals surface area contributed by atoms with Gasteiger partial charge in [0, 0.05) is 37.9 Å². The number of fused-ring (bicyclic) bond motifs is 9. The molecule has 0 saturated carbocycles. The second-order valence-electron chi connectivity index (χ2n) is 13.0. The summed E-state index contributed by atoms with van der Waals surface area (Å²) in [5.41, 5.74) is 8.13. The van der Waals surface area contributed by atoms with Crippen molar-refractivity contribution in [2.75, 3.05) is 0 Å². The van der Waals surface area contributed by atoms with Crippen LogP contribution in [0, 0.1) is 0 Å². The van der Waals surface area contributed by atoms with Crippen molar-refractivity contribution in [2.45, 2.75) is 0 Å². The molecule has 0 aliphatic carbocycles. The molecule has 0 fully saturated rings. The number of benzene rings is 8. The van der Waals surface area contributed by atoms with E-state index in [1.807, 2.05) is 24.3 Å². The molecule has 0 N–H and O–H groups in total. The molecule has 0 atom stereocenters. The number of hydrogen-bond donors (Lipinski definition) is 0. The minimum absolute atomic E-state index is 0.805. The summed E-state index contributed by atoms with van der Waals surface area (Å²) in [7, 11) is 0. The van der Waals surface area contributed by atoms with Crippen LogP contribution in [-0.4, -0.2) is 14.8 Å². The molecule has 0 radical (unpaired) electrons. The maximum atomic E-state index is 6.26. The Kier molecular flexibility index (Phi) is 5.63. The molecule has 4 heteroatoms. The molecule has 232 valence electrons. The largest absolute Gasteiger partial charge is 0.456 e. The first-order valence-corrected chi connectivity index (χ1v) is 16.9. The van der Waals surface area contributed by atoms with E-state index < -0.39 is 0 Å². The number of nitrogens with zero attached hydrogens (tertiary/aromatic N) is 3. The zero-order valence-electron chi connectivity index (χ0n) is 26.8. The van der Waals surface area contributed by atoms with Crippen molar-refractivity contribution in [3.05, 3.63) is 164 Å². The zero-order chi connectivity index (χ0) is 32.8. The van der Waals surface area contributed by atoms with Gasteiger partial charge in [0.05, 0.1) is 11.0 Å². The third kappa shape index (κ3) is 3.87. The molecule has 0 amide bonds. The topological polar surface area (TPSA) is 43.9 Å². The van der Waals surface area contributed by atoms with Crippen molar-refractivity contribution in [1.82, 2.24) is 14.8 Å². The van der Waals surface area contributed by atoms with Gasteiger partial charge in [0.25, 0.3) is 0 Å². The van der Waals surface area contributed by atoms with E-state index in [-0.39, 0.29) is 0 Å². The highest BCUT2D eigenvalue weighted by molar-refractivity contribution is 6.20. The van der Waals surface area contributed by atoms with Gasteiger partial charge in [-0.3, -0.25) is 4.57 Å². The third-order valence-electron chi connectivity index (χ3n) is 10.3. The number of furan rings is 1. The van der Waals surface area contributed by atoms with Gasteiger partial charge in [-0.1, -0.05) is 127 Å². The summed E-state index contributed by atoms with van der Waals surface area (Å²) in [6.45, 7) is 0. The number of para-hydroxylation sites is 1. The van der Waals surface area contributed by atoms with E-state index in [0.29, 0.717) is 0 Å². The molecular formula is C46H27N3O. The molecule has 0 bridgehead atoms. The highest BCUT2D eigenvalue weighted by atomic mass is 16.3. The fourth-order valence-electron chi connectivity index (χ4n) is 8.00. The van der Waals surface area contributed by atoms with Crippen LogP contribution in [0.15, 0.2) is 168 Å². The lowest BCUT2D eigenvalue weighted by molar-refractivity contribution is 0.669. The maximum absolute atomic E-state index is 6.26. The van der Waals surface area contributed by atoms with Crippen molar-refractivity contribution in [3.63, 3.8) is 0 Å². The van der Waals surface area contributed by atoms with Crippen LogP contribution in [0.25, 0.3) is 104 Å². The van der Waals surface area contributed by atoms with Crippen molar-refractivity contribution in [3.8, 4) is 28.2 Å². The predicted molar refractivity (Wildman–Crippen MR) is 207 cm³/mol. The molecule has 11 rings (SSSR count). The maximum Gasteiger partial charge on any atom is 0.168 e. The summed E-state index contributed by atoms with van der Waals surface area (Å²) >= 11 is 0. The summed E-state index contributed by atoms with van der Waals surface area (Å²) < 4.78 is 8.57. The van der Waals surface area contributed by atoms with Crippen LogP contribution in [0.4, 0.5) is 0 Å². The molecule has 0 spiro atoms. The molecule has 0 aliphatic heterocycles. The summed E-state index contributed by atoms with van der Waals surface area (Å²) in [6, 6.07) is 58.1. The molecular weight excluding hydrogens is 611 g/mol. The number of aromatic nitrogens is 3. The highest BCUT2D eigenvalue weighted by Gasteiger charge is 2.22. The molecule has 3 heterocycles. The average molecular weight is 638 g/mol. The van der Waals surface area contributed by atoms with Crippen molar-refractivity contribution >= 4 is 76.1 Å². The second-order valence-corrected chi connectivity index (χ2v) is 13.0. The van der Waals surface area contributed by atoms with Gasteiger partial charge in [-0.05, 0) is 69.1 Å². The normalized spacial score (nSPS) is 12.0. The Labute approximate surface area is 286 Å². The third-order valence-corrected chi connectivity index (χ3v) is 10.3. The van der Waals surface area contributed by atoms with Crippen molar-refractivity contribution < 1.29 is 4.42 Å². The minimum atomic E-state index is 0.805. The predicted octanol–water partition coefficient (Wildman–Crippen LogP) is 12.3. The molecule has 8 aromatic carbocycles. The van der Waals surface area contributed by atoms with E-state index in [1.165, 1.54) is 43.4 Å². The fraction of sp³-hybridized carbons (Fsp3) is 0. The van der Waals surface area contributed by atoms with E-state index in [0.717, 1.165) is 60.8 Å². The van der Waals surface area contributed by atoms with Crippen molar-refractivity contribution in [2.24, 2.45) is 0 Å². The highest BCUT2D eigenvalue weighted by Crippen LogP contribution is 2.43. The monoisotopic (exact) mass is 637 g/mol. The lowest BCUT2D eigenvalue weighted by Gasteiger charge is -2.13. The van der Waals surface area contributed by atoms with Gasteiger partial charge in [0.15, 0.2) is 5.82 Å².